The van der Waals surface area contributed by atoms with E-state index >= 15 is 0 Å². The van der Waals surface area contributed by atoms with Crippen molar-refractivity contribution in [3.05, 3.63) is 30.1 Å². The summed E-state index contributed by atoms with van der Waals surface area (Å²) in [6, 6.07) is 6.02. The maximum atomic E-state index is 12.2. The number of benzene rings is 1. The van der Waals surface area contributed by atoms with Gasteiger partial charge in [-0.25, -0.2) is 4.39 Å². The van der Waals surface area contributed by atoms with E-state index < -0.39 is 0 Å². The summed E-state index contributed by atoms with van der Waals surface area (Å²) in [4.78, 5) is 0.859. The van der Waals surface area contributed by atoms with Crippen molar-refractivity contribution in [1.82, 2.24) is 0 Å². The molecule has 0 spiro atoms. The lowest BCUT2D eigenvalue weighted by Gasteiger charge is -1.89. The molecule has 0 nitrogen and oxygen atoms in total. The molecule has 1 aromatic carbocycles. The van der Waals surface area contributed by atoms with Gasteiger partial charge in [-0.3, -0.25) is 0 Å². The average Bonchev–Trinajstić information content (AvgIpc) is 2.10. The SMILES string of the molecule is CBr.Fc1ccc(SCl)cc1. The number of rotatable bonds is 1. The van der Waals surface area contributed by atoms with E-state index in [1.165, 1.54) is 12.1 Å². The van der Waals surface area contributed by atoms with Gasteiger partial charge in [-0.2, -0.15) is 0 Å². The minimum atomic E-state index is -0.232. The molecule has 62 valence electrons. The molecule has 0 atom stereocenters. The molecule has 4 heteroatoms. The van der Waals surface area contributed by atoms with Crippen molar-refractivity contribution in [2.24, 2.45) is 0 Å². The van der Waals surface area contributed by atoms with Crippen molar-refractivity contribution in [3.63, 3.8) is 0 Å². The van der Waals surface area contributed by atoms with Gasteiger partial charge in [0.1, 0.15) is 5.82 Å². The summed E-state index contributed by atoms with van der Waals surface area (Å²) in [5.74, 6) is 1.58. The van der Waals surface area contributed by atoms with Crippen LogP contribution in [-0.4, -0.2) is 5.83 Å². The molecule has 0 saturated carbocycles. The van der Waals surface area contributed by atoms with E-state index in [0.717, 1.165) is 15.9 Å². The summed E-state index contributed by atoms with van der Waals surface area (Å²) in [6.07, 6.45) is 0. The van der Waals surface area contributed by atoms with Crippen molar-refractivity contribution >= 4 is 37.6 Å². The van der Waals surface area contributed by atoms with Gasteiger partial charge in [0.15, 0.2) is 0 Å². The van der Waals surface area contributed by atoms with E-state index in [-0.39, 0.29) is 5.82 Å². The van der Waals surface area contributed by atoms with Crippen LogP contribution in [0.5, 0.6) is 0 Å². The van der Waals surface area contributed by atoms with Crippen LogP contribution in [0.1, 0.15) is 0 Å². The summed E-state index contributed by atoms with van der Waals surface area (Å²) in [5, 5.41) is 0. The minimum Gasteiger partial charge on any atom is -0.207 e. The summed E-state index contributed by atoms with van der Waals surface area (Å²) in [6.45, 7) is 0. The van der Waals surface area contributed by atoms with E-state index in [2.05, 4.69) is 15.9 Å². The molecule has 0 aliphatic rings. The monoisotopic (exact) mass is 256 g/mol. The molecule has 0 aromatic heterocycles. The van der Waals surface area contributed by atoms with Crippen molar-refractivity contribution in [2.45, 2.75) is 4.90 Å². The Balaban J connectivity index is 0.000000461. The Morgan fingerprint density at radius 2 is 1.73 bits per heavy atom. The Morgan fingerprint density at radius 1 is 1.27 bits per heavy atom. The van der Waals surface area contributed by atoms with Crippen LogP contribution in [-0.2, 0) is 0 Å². The maximum absolute atomic E-state index is 12.2. The molecule has 0 aliphatic heterocycles. The van der Waals surface area contributed by atoms with E-state index in [0.29, 0.717) is 0 Å². The third-order valence-corrected chi connectivity index (χ3v) is 1.89. The van der Waals surface area contributed by atoms with E-state index in [9.17, 15) is 4.39 Å². The second kappa shape index (κ2) is 6.95. The van der Waals surface area contributed by atoms with Gasteiger partial charge >= 0.3 is 0 Å². The first-order valence-corrected chi connectivity index (χ1v) is 5.98. The third-order valence-electron chi connectivity index (χ3n) is 0.903. The molecule has 0 unspecified atom stereocenters. The van der Waals surface area contributed by atoms with Crippen molar-refractivity contribution in [2.75, 3.05) is 5.83 Å². The zero-order valence-corrected chi connectivity index (χ0v) is 9.01. The highest BCUT2D eigenvalue weighted by Crippen LogP contribution is 2.20. The Morgan fingerprint density at radius 3 is 2.09 bits per heavy atom. The van der Waals surface area contributed by atoms with Gasteiger partial charge in [0.05, 0.1) is 0 Å². The van der Waals surface area contributed by atoms with Gasteiger partial charge < -0.3 is 0 Å². The Labute approximate surface area is 82.8 Å². The maximum Gasteiger partial charge on any atom is 0.123 e. The first kappa shape index (κ1) is 11.3. The molecule has 0 N–H and O–H groups in total. The molecule has 0 radical (unpaired) electrons. The number of hydrogen-bond donors (Lipinski definition) is 0. The standard InChI is InChI=1S/C6H4ClFS.CH3Br/c7-9-6-3-1-5(8)2-4-6;1-2/h1-4H;1H3. The summed E-state index contributed by atoms with van der Waals surface area (Å²) < 4.78 is 12.2. The van der Waals surface area contributed by atoms with Crippen LogP contribution >= 0.6 is 37.6 Å². The molecule has 0 saturated heterocycles. The summed E-state index contributed by atoms with van der Waals surface area (Å²) in [7, 11) is 6.46. The van der Waals surface area contributed by atoms with Gasteiger partial charge in [0, 0.05) is 4.90 Å². The fourth-order valence-electron chi connectivity index (χ4n) is 0.486. The molecular weight excluding hydrogens is 250 g/mol. The minimum absolute atomic E-state index is 0.232. The quantitative estimate of drug-likeness (QED) is 0.683. The molecule has 0 amide bonds. The summed E-state index contributed by atoms with van der Waals surface area (Å²) >= 11 is 2.94. The lowest BCUT2D eigenvalue weighted by atomic mass is 10.4. The van der Waals surface area contributed by atoms with Gasteiger partial charge in [-0.05, 0) is 51.8 Å². The second-order valence-corrected chi connectivity index (χ2v) is 2.62. The number of alkyl halides is 1. The molecule has 1 aromatic rings. The smallest absolute Gasteiger partial charge is 0.123 e. The number of halogens is 3. The molecule has 0 fully saturated rings. The summed E-state index contributed by atoms with van der Waals surface area (Å²) in [5.41, 5.74) is 0. The van der Waals surface area contributed by atoms with E-state index in [1.807, 2.05) is 5.83 Å². The van der Waals surface area contributed by atoms with Gasteiger partial charge in [-0.1, -0.05) is 15.9 Å². The largest absolute Gasteiger partial charge is 0.207 e. The third kappa shape index (κ3) is 4.67. The Bertz CT molecular complexity index is 190. The van der Waals surface area contributed by atoms with Crippen LogP contribution in [0.2, 0.25) is 0 Å². The van der Waals surface area contributed by atoms with Gasteiger partial charge in [0.2, 0.25) is 0 Å². The van der Waals surface area contributed by atoms with Crippen LogP contribution < -0.4 is 0 Å². The highest BCUT2D eigenvalue weighted by atomic mass is 79.9. The lowest BCUT2D eigenvalue weighted by Crippen LogP contribution is -1.69. The van der Waals surface area contributed by atoms with Crippen LogP contribution in [0.15, 0.2) is 29.2 Å². The predicted molar refractivity (Wildman–Crippen MR) is 53.0 cm³/mol. The zero-order chi connectivity index (χ0) is 8.69. The predicted octanol–water partition coefficient (Wildman–Crippen LogP) is 4.08. The van der Waals surface area contributed by atoms with Crippen molar-refractivity contribution in [1.29, 1.82) is 0 Å². The average molecular weight is 258 g/mol. The first-order chi connectivity index (χ1) is 5.33. The van der Waals surface area contributed by atoms with Crippen LogP contribution in [0, 0.1) is 5.82 Å². The van der Waals surface area contributed by atoms with Crippen LogP contribution in [0.4, 0.5) is 4.39 Å². The molecular formula is C7H7BrClFS. The van der Waals surface area contributed by atoms with Gasteiger partial charge in [0.25, 0.3) is 0 Å². The van der Waals surface area contributed by atoms with Crippen LogP contribution in [0.25, 0.3) is 0 Å². The topological polar surface area (TPSA) is 0 Å². The van der Waals surface area contributed by atoms with Crippen molar-refractivity contribution in [3.8, 4) is 0 Å². The van der Waals surface area contributed by atoms with Crippen molar-refractivity contribution < 1.29 is 4.39 Å². The molecule has 11 heavy (non-hydrogen) atoms. The normalized spacial score (nSPS) is 8.36. The fraction of sp³-hybridized carbons (Fsp3) is 0.143. The fourth-order valence-corrected chi connectivity index (χ4v) is 1.03. The molecule has 0 heterocycles. The lowest BCUT2D eigenvalue weighted by molar-refractivity contribution is 0.626. The zero-order valence-electron chi connectivity index (χ0n) is 5.85. The van der Waals surface area contributed by atoms with E-state index in [1.54, 1.807) is 12.1 Å². The molecule has 1 rings (SSSR count). The molecule has 0 bridgehead atoms. The van der Waals surface area contributed by atoms with Crippen LogP contribution in [0.3, 0.4) is 0 Å². The molecule has 0 aliphatic carbocycles. The van der Waals surface area contributed by atoms with Gasteiger partial charge in [-0.15, -0.1) is 0 Å². The first-order valence-electron chi connectivity index (χ1n) is 2.75. The highest BCUT2D eigenvalue weighted by molar-refractivity contribution is 9.08. The second-order valence-electron chi connectivity index (χ2n) is 1.53. The van der Waals surface area contributed by atoms with E-state index in [4.69, 9.17) is 10.7 Å². The number of hydrogen-bond acceptors (Lipinski definition) is 1. The Kier molecular flexibility index (Phi) is 7.12. The highest BCUT2D eigenvalue weighted by Gasteiger charge is 1.89. The Hall–Kier alpha value is 0.270.